The molecule has 3 N–H and O–H groups in total. The van der Waals surface area contributed by atoms with Crippen LogP contribution in [0.1, 0.15) is 37.7 Å². The van der Waals surface area contributed by atoms with Gasteiger partial charge >= 0.3 is 0 Å². The van der Waals surface area contributed by atoms with Crippen molar-refractivity contribution in [2.45, 2.75) is 56.1 Å². The first kappa shape index (κ1) is 15.6. The molecule has 6 rings (SSSR count). The van der Waals surface area contributed by atoms with Crippen LogP contribution >= 0.6 is 11.3 Å². The van der Waals surface area contributed by atoms with Crippen LogP contribution in [0.15, 0.2) is 23.2 Å². The maximum Gasteiger partial charge on any atom is 0.293 e. The van der Waals surface area contributed by atoms with E-state index in [-0.39, 0.29) is 11.5 Å². The van der Waals surface area contributed by atoms with Crippen LogP contribution < -0.4 is 11.1 Å². The van der Waals surface area contributed by atoms with Gasteiger partial charge in [-0.1, -0.05) is 35.6 Å². The van der Waals surface area contributed by atoms with Crippen LogP contribution in [0.4, 0.5) is 5.13 Å². The van der Waals surface area contributed by atoms with Gasteiger partial charge in [0.2, 0.25) is 0 Å². The minimum atomic E-state index is -0.444. The number of rotatable bonds is 1. The number of nitrogens with zero attached hydrogens (tertiary/aromatic N) is 2. The van der Waals surface area contributed by atoms with Crippen LogP contribution in [0.25, 0.3) is 10.2 Å². The quantitative estimate of drug-likeness (QED) is 0.772. The summed E-state index contributed by atoms with van der Waals surface area (Å²) in [5.41, 5.74) is 8.17. The number of nitrogens with two attached hydrogens (primary N) is 1. The zero-order valence-corrected chi connectivity index (χ0v) is 15.1. The van der Waals surface area contributed by atoms with Crippen molar-refractivity contribution in [2.75, 3.05) is 5.32 Å². The standard InChI is InChI=1S/C18H21BN4OS/c1-10-2-3-12-13(8-10)25-16(21-12)23-15-22-14(20)18(24-15)9-17(19)6-4-11(18)5-7-17/h2-3,8,11,14H,4-7,9,20H2,1H3,(H,21,22,23). The molecule has 7 heteroatoms. The molecule has 1 aromatic carbocycles. The molecule has 2 heterocycles. The van der Waals surface area contributed by atoms with Gasteiger partial charge in [-0.25, -0.2) is 9.98 Å². The Balaban J connectivity index is 1.39. The molecule has 2 aromatic rings. The molecule has 1 aromatic heterocycles. The van der Waals surface area contributed by atoms with Crippen molar-refractivity contribution in [3.63, 3.8) is 0 Å². The molecule has 2 radical (unpaired) electrons. The summed E-state index contributed by atoms with van der Waals surface area (Å²) in [5, 5.41) is 3.87. The lowest BCUT2D eigenvalue weighted by Gasteiger charge is -2.55. The summed E-state index contributed by atoms with van der Waals surface area (Å²) >= 11 is 1.60. The molecule has 4 aliphatic rings. The van der Waals surface area contributed by atoms with E-state index in [4.69, 9.17) is 18.3 Å². The van der Waals surface area contributed by atoms with Crippen LogP contribution in [0, 0.1) is 12.8 Å². The highest BCUT2D eigenvalue weighted by molar-refractivity contribution is 7.22. The van der Waals surface area contributed by atoms with Crippen molar-refractivity contribution in [3.05, 3.63) is 23.8 Å². The normalized spacial score (nSPS) is 36.6. The molecule has 3 saturated carbocycles. The van der Waals surface area contributed by atoms with Crippen LogP contribution in [0.2, 0.25) is 5.31 Å². The van der Waals surface area contributed by atoms with Crippen molar-refractivity contribution >= 4 is 40.6 Å². The Labute approximate surface area is 152 Å². The fourth-order valence-electron chi connectivity index (χ4n) is 4.76. The van der Waals surface area contributed by atoms with Crippen LogP contribution in [-0.2, 0) is 4.74 Å². The molecule has 0 amide bonds. The Morgan fingerprint density at radius 3 is 2.92 bits per heavy atom. The average Bonchev–Trinajstić information content (AvgIpc) is 3.08. The Hall–Kier alpha value is -1.60. The molecule has 2 atom stereocenters. The lowest BCUT2D eigenvalue weighted by atomic mass is 9.46. The third kappa shape index (κ3) is 2.40. The van der Waals surface area contributed by atoms with Gasteiger partial charge in [-0.2, -0.15) is 0 Å². The smallest absolute Gasteiger partial charge is 0.293 e. The number of nitrogens with one attached hydrogen (secondary N) is 1. The lowest BCUT2D eigenvalue weighted by molar-refractivity contribution is -0.0796. The van der Waals surface area contributed by atoms with Crippen molar-refractivity contribution in [1.29, 1.82) is 0 Å². The lowest BCUT2D eigenvalue weighted by Crippen LogP contribution is -2.58. The third-order valence-electron chi connectivity index (χ3n) is 6.10. The maximum atomic E-state index is 6.56. The number of aliphatic imine (C=N–C) groups is 1. The molecule has 2 bridgehead atoms. The summed E-state index contributed by atoms with van der Waals surface area (Å²) in [6.07, 6.45) is 4.71. The molecule has 25 heavy (non-hydrogen) atoms. The van der Waals surface area contributed by atoms with Crippen molar-refractivity contribution in [3.8, 4) is 0 Å². The number of benzene rings is 1. The molecule has 3 fully saturated rings. The van der Waals surface area contributed by atoms with Gasteiger partial charge in [0.1, 0.15) is 6.17 Å². The first-order chi connectivity index (χ1) is 12.0. The Morgan fingerprint density at radius 2 is 2.16 bits per heavy atom. The van der Waals surface area contributed by atoms with E-state index in [9.17, 15) is 0 Å². The van der Waals surface area contributed by atoms with E-state index in [0.29, 0.717) is 11.9 Å². The van der Waals surface area contributed by atoms with E-state index in [1.807, 2.05) is 6.07 Å². The molecule has 5 nitrogen and oxygen atoms in total. The summed E-state index contributed by atoms with van der Waals surface area (Å²) in [7, 11) is 6.56. The number of aromatic nitrogens is 1. The molecule has 128 valence electrons. The van der Waals surface area contributed by atoms with E-state index < -0.39 is 5.60 Å². The minimum absolute atomic E-state index is 0.148. The monoisotopic (exact) mass is 352 g/mol. The summed E-state index contributed by atoms with van der Waals surface area (Å²) in [6, 6.07) is 6.73. The van der Waals surface area contributed by atoms with Crippen LogP contribution in [0.3, 0.4) is 0 Å². The molecular formula is C18H21BN4OS. The fourth-order valence-corrected chi connectivity index (χ4v) is 5.71. The number of hydrogen-bond acceptors (Lipinski definition) is 6. The zero-order valence-electron chi connectivity index (χ0n) is 14.3. The van der Waals surface area contributed by atoms with Gasteiger partial charge < -0.3 is 10.5 Å². The number of hydrogen-bond donors (Lipinski definition) is 2. The zero-order chi connectivity index (χ0) is 17.2. The molecule has 1 aliphatic heterocycles. The molecule has 0 saturated heterocycles. The summed E-state index contributed by atoms with van der Waals surface area (Å²) < 4.78 is 7.48. The number of amidine groups is 1. The van der Waals surface area contributed by atoms with E-state index in [1.165, 1.54) is 5.56 Å². The highest BCUT2D eigenvalue weighted by Gasteiger charge is 2.59. The number of aryl methyl sites for hydroxylation is 1. The van der Waals surface area contributed by atoms with Gasteiger partial charge in [-0.05, 0) is 43.9 Å². The van der Waals surface area contributed by atoms with Gasteiger partial charge in [0.15, 0.2) is 10.7 Å². The number of ether oxygens (including phenoxy) is 1. The van der Waals surface area contributed by atoms with E-state index in [1.54, 1.807) is 11.3 Å². The predicted octanol–water partition coefficient (Wildman–Crippen LogP) is 3.35. The summed E-state index contributed by atoms with van der Waals surface area (Å²) in [6.45, 7) is 2.08. The minimum Gasteiger partial charge on any atom is -0.454 e. The highest BCUT2D eigenvalue weighted by Crippen LogP contribution is 2.60. The first-order valence-corrected chi connectivity index (χ1v) is 9.73. The topological polar surface area (TPSA) is 72.5 Å². The Kier molecular flexibility index (Phi) is 3.26. The maximum absolute atomic E-state index is 6.56. The van der Waals surface area contributed by atoms with Gasteiger partial charge in [-0.3, -0.25) is 5.32 Å². The first-order valence-electron chi connectivity index (χ1n) is 8.91. The summed E-state index contributed by atoms with van der Waals surface area (Å²) in [4.78, 5) is 9.19. The number of anilines is 1. The van der Waals surface area contributed by atoms with Crippen LogP contribution in [-0.4, -0.2) is 30.6 Å². The fraction of sp³-hybridized carbons (Fsp3) is 0.556. The largest absolute Gasteiger partial charge is 0.454 e. The van der Waals surface area contributed by atoms with E-state index >= 15 is 0 Å². The van der Waals surface area contributed by atoms with E-state index in [2.05, 4.69) is 34.3 Å². The van der Waals surface area contributed by atoms with E-state index in [0.717, 1.165) is 47.5 Å². The van der Waals surface area contributed by atoms with Gasteiger partial charge in [0.05, 0.1) is 18.1 Å². The molecule has 1 spiro atoms. The number of thiazole rings is 1. The van der Waals surface area contributed by atoms with Gasteiger partial charge in [0.25, 0.3) is 6.02 Å². The average molecular weight is 352 g/mol. The second-order valence-corrected chi connectivity index (χ2v) is 8.90. The predicted molar refractivity (Wildman–Crippen MR) is 102 cm³/mol. The van der Waals surface area contributed by atoms with Crippen molar-refractivity contribution < 1.29 is 4.74 Å². The third-order valence-corrected chi connectivity index (χ3v) is 7.04. The van der Waals surface area contributed by atoms with Crippen molar-refractivity contribution in [2.24, 2.45) is 16.6 Å². The van der Waals surface area contributed by atoms with Gasteiger partial charge in [-0.15, -0.1) is 0 Å². The van der Waals surface area contributed by atoms with Gasteiger partial charge in [0, 0.05) is 5.92 Å². The van der Waals surface area contributed by atoms with Crippen LogP contribution in [0.5, 0.6) is 0 Å². The summed E-state index contributed by atoms with van der Waals surface area (Å²) in [5.74, 6) is 0.439. The molecular weight excluding hydrogens is 331 g/mol. The second kappa shape index (κ2) is 5.21. The molecule has 2 unspecified atom stereocenters. The Bertz CT molecular complexity index is 873. The number of fused-ring (bicyclic) bond motifs is 3. The Morgan fingerprint density at radius 1 is 1.36 bits per heavy atom. The highest BCUT2D eigenvalue weighted by atomic mass is 32.1. The molecule has 3 aliphatic carbocycles. The second-order valence-electron chi connectivity index (χ2n) is 7.86. The SMILES string of the molecule is [B]C12CCC(CC1)C1(C2)OC(Nc2nc3ccc(C)cc3s2)=NC1N. The van der Waals surface area contributed by atoms with Crippen molar-refractivity contribution in [1.82, 2.24) is 4.98 Å².